The van der Waals surface area contributed by atoms with E-state index >= 15 is 0 Å². The molecule has 1 unspecified atom stereocenters. The van der Waals surface area contributed by atoms with Gasteiger partial charge in [0.15, 0.2) is 0 Å². The normalized spacial score (nSPS) is 12.8. The van der Waals surface area contributed by atoms with E-state index in [1.54, 1.807) is 18.7 Å². The van der Waals surface area contributed by atoms with Gasteiger partial charge in [-0.1, -0.05) is 6.92 Å². The third kappa shape index (κ3) is 2.57. The summed E-state index contributed by atoms with van der Waals surface area (Å²) in [4.78, 5) is 10.6. The first-order valence-electron chi connectivity index (χ1n) is 5.37. The number of aromatic nitrogens is 2. The predicted octanol–water partition coefficient (Wildman–Crippen LogP) is 1.18. The van der Waals surface area contributed by atoms with Crippen molar-refractivity contribution in [2.45, 2.75) is 33.2 Å². The van der Waals surface area contributed by atoms with E-state index in [9.17, 15) is 10.1 Å². The standard InChI is InChI=1S/C10H18N4O2/c1-5-11-7(2)6-9-10(14(15)16)8(3)12-13(9)4/h7,11H,5-6H2,1-4H3. The monoisotopic (exact) mass is 226 g/mol. The topological polar surface area (TPSA) is 73.0 Å². The van der Waals surface area contributed by atoms with Gasteiger partial charge in [0.2, 0.25) is 0 Å². The van der Waals surface area contributed by atoms with Crippen molar-refractivity contribution < 1.29 is 4.92 Å². The molecule has 1 atom stereocenters. The van der Waals surface area contributed by atoms with Crippen molar-refractivity contribution in [2.24, 2.45) is 7.05 Å². The number of aryl methyl sites for hydroxylation is 2. The van der Waals surface area contributed by atoms with Crippen LogP contribution in [-0.2, 0) is 13.5 Å². The maximum Gasteiger partial charge on any atom is 0.313 e. The molecule has 0 bridgehead atoms. The summed E-state index contributed by atoms with van der Waals surface area (Å²) in [5, 5.41) is 18.3. The molecule has 1 aromatic rings. The van der Waals surface area contributed by atoms with Gasteiger partial charge in [-0.05, 0) is 20.4 Å². The maximum absolute atomic E-state index is 10.9. The second kappa shape index (κ2) is 5.07. The van der Waals surface area contributed by atoms with Crippen LogP contribution >= 0.6 is 0 Å². The van der Waals surface area contributed by atoms with Crippen LogP contribution in [0.1, 0.15) is 25.2 Å². The fraction of sp³-hybridized carbons (Fsp3) is 0.700. The van der Waals surface area contributed by atoms with E-state index in [2.05, 4.69) is 10.4 Å². The molecule has 0 aromatic carbocycles. The van der Waals surface area contributed by atoms with Crippen LogP contribution in [0.4, 0.5) is 5.69 Å². The van der Waals surface area contributed by atoms with E-state index in [0.29, 0.717) is 17.8 Å². The third-order valence-electron chi connectivity index (χ3n) is 2.54. The van der Waals surface area contributed by atoms with E-state index in [1.165, 1.54) is 0 Å². The molecule has 0 aliphatic rings. The van der Waals surface area contributed by atoms with Crippen LogP contribution in [-0.4, -0.2) is 27.3 Å². The first-order chi connectivity index (χ1) is 7.47. The maximum atomic E-state index is 10.9. The van der Waals surface area contributed by atoms with Crippen molar-refractivity contribution in [3.63, 3.8) is 0 Å². The zero-order chi connectivity index (χ0) is 12.3. The van der Waals surface area contributed by atoms with Gasteiger partial charge in [-0.2, -0.15) is 5.10 Å². The van der Waals surface area contributed by atoms with Crippen molar-refractivity contribution in [1.82, 2.24) is 15.1 Å². The van der Waals surface area contributed by atoms with Crippen LogP contribution in [0.2, 0.25) is 0 Å². The highest BCUT2D eigenvalue weighted by Gasteiger charge is 2.24. The predicted molar refractivity (Wildman–Crippen MR) is 61.4 cm³/mol. The number of hydrogen-bond donors (Lipinski definition) is 1. The molecule has 0 saturated heterocycles. The van der Waals surface area contributed by atoms with Crippen LogP contribution in [0.25, 0.3) is 0 Å². The van der Waals surface area contributed by atoms with Gasteiger partial charge in [0, 0.05) is 19.5 Å². The Morgan fingerprint density at radius 3 is 2.75 bits per heavy atom. The Balaban J connectivity index is 2.98. The van der Waals surface area contributed by atoms with Gasteiger partial charge in [0.25, 0.3) is 0 Å². The van der Waals surface area contributed by atoms with Crippen LogP contribution < -0.4 is 5.32 Å². The number of likely N-dealkylation sites (N-methyl/N-ethyl adjacent to an activating group) is 1. The Morgan fingerprint density at radius 2 is 2.25 bits per heavy atom. The van der Waals surface area contributed by atoms with Crippen LogP contribution in [0.15, 0.2) is 0 Å². The SMILES string of the molecule is CCNC(C)Cc1c([N+](=O)[O-])c(C)nn1C. The Kier molecular flexibility index (Phi) is 4.00. The summed E-state index contributed by atoms with van der Waals surface area (Å²) in [5.41, 5.74) is 1.30. The number of rotatable bonds is 5. The van der Waals surface area contributed by atoms with E-state index in [0.717, 1.165) is 6.54 Å². The van der Waals surface area contributed by atoms with Crippen molar-refractivity contribution in [2.75, 3.05) is 6.54 Å². The summed E-state index contributed by atoms with van der Waals surface area (Å²) in [5.74, 6) is 0. The van der Waals surface area contributed by atoms with Crippen LogP contribution in [0.3, 0.4) is 0 Å². The highest BCUT2D eigenvalue weighted by molar-refractivity contribution is 5.40. The highest BCUT2D eigenvalue weighted by atomic mass is 16.6. The van der Waals surface area contributed by atoms with E-state index in [4.69, 9.17) is 0 Å². The summed E-state index contributed by atoms with van der Waals surface area (Å²) in [6.45, 7) is 6.54. The molecule has 0 radical (unpaired) electrons. The Morgan fingerprint density at radius 1 is 1.62 bits per heavy atom. The molecule has 0 spiro atoms. The molecule has 0 saturated carbocycles. The third-order valence-corrected chi connectivity index (χ3v) is 2.54. The minimum Gasteiger partial charge on any atom is -0.314 e. The van der Waals surface area contributed by atoms with Gasteiger partial charge in [-0.15, -0.1) is 0 Å². The Labute approximate surface area is 94.8 Å². The first kappa shape index (κ1) is 12.6. The molecule has 6 heteroatoms. The molecule has 1 N–H and O–H groups in total. The molecule has 0 aliphatic carbocycles. The largest absolute Gasteiger partial charge is 0.314 e. The number of nitrogens with one attached hydrogen (secondary N) is 1. The molecule has 90 valence electrons. The van der Waals surface area contributed by atoms with Gasteiger partial charge >= 0.3 is 5.69 Å². The molecular formula is C10H18N4O2. The highest BCUT2D eigenvalue weighted by Crippen LogP contribution is 2.23. The quantitative estimate of drug-likeness (QED) is 0.604. The minimum atomic E-state index is -0.351. The van der Waals surface area contributed by atoms with Crippen molar-refractivity contribution in [3.8, 4) is 0 Å². The fourth-order valence-electron chi connectivity index (χ4n) is 1.87. The number of nitro groups is 1. The number of hydrogen-bond acceptors (Lipinski definition) is 4. The molecule has 1 heterocycles. The summed E-state index contributed by atoms with van der Waals surface area (Å²) >= 11 is 0. The van der Waals surface area contributed by atoms with Gasteiger partial charge in [0.05, 0.1) is 4.92 Å². The Bertz CT molecular complexity index is 386. The van der Waals surface area contributed by atoms with E-state index in [-0.39, 0.29) is 16.7 Å². The van der Waals surface area contributed by atoms with Crippen molar-refractivity contribution in [1.29, 1.82) is 0 Å². The average Bonchev–Trinajstić information content (AvgIpc) is 2.41. The summed E-state index contributed by atoms with van der Waals surface area (Å²) in [6.07, 6.45) is 0.613. The second-order valence-electron chi connectivity index (χ2n) is 3.92. The molecule has 0 aliphatic heterocycles. The van der Waals surface area contributed by atoms with Gasteiger partial charge in [-0.25, -0.2) is 0 Å². The lowest BCUT2D eigenvalue weighted by Crippen LogP contribution is -2.28. The summed E-state index contributed by atoms with van der Waals surface area (Å²) in [6, 6.07) is 0.207. The van der Waals surface area contributed by atoms with E-state index in [1.807, 2.05) is 13.8 Å². The van der Waals surface area contributed by atoms with E-state index < -0.39 is 0 Å². The van der Waals surface area contributed by atoms with Gasteiger partial charge in [0.1, 0.15) is 11.4 Å². The molecule has 0 fully saturated rings. The Hall–Kier alpha value is -1.43. The van der Waals surface area contributed by atoms with Gasteiger partial charge in [-0.3, -0.25) is 14.8 Å². The lowest BCUT2D eigenvalue weighted by molar-refractivity contribution is -0.386. The molecule has 16 heavy (non-hydrogen) atoms. The summed E-state index contributed by atoms with van der Waals surface area (Å²) in [7, 11) is 1.74. The van der Waals surface area contributed by atoms with Crippen molar-refractivity contribution >= 4 is 5.69 Å². The van der Waals surface area contributed by atoms with Crippen LogP contribution in [0, 0.1) is 17.0 Å². The molecule has 0 amide bonds. The number of nitrogens with zero attached hydrogens (tertiary/aromatic N) is 3. The van der Waals surface area contributed by atoms with Crippen molar-refractivity contribution in [3.05, 3.63) is 21.5 Å². The average molecular weight is 226 g/mol. The molecule has 6 nitrogen and oxygen atoms in total. The molecule has 1 rings (SSSR count). The molecular weight excluding hydrogens is 208 g/mol. The second-order valence-corrected chi connectivity index (χ2v) is 3.92. The first-order valence-corrected chi connectivity index (χ1v) is 5.37. The lowest BCUT2D eigenvalue weighted by atomic mass is 10.1. The smallest absolute Gasteiger partial charge is 0.313 e. The zero-order valence-electron chi connectivity index (χ0n) is 10.1. The zero-order valence-corrected chi connectivity index (χ0v) is 10.1. The minimum absolute atomic E-state index is 0.146. The molecule has 1 aromatic heterocycles. The lowest BCUT2D eigenvalue weighted by Gasteiger charge is -2.11. The fourth-order valence-corrected chi connectivity index (χ4v) is 1.87. The summed E-state index contributed by atoms with van der Waals surface area (Å²) < 4.78 is 1.60. The van der Waals surface area contributed by atoms with Gasteiger partial charge < -0.3 is 5.32 Å². The van der Waals surface area contributed by atoms with Crippen LogP contribution in [0.5, 0.6) is 0 Å².